The van der Waals surface area contributed by atoms with Crippen molar-refractivity contribution in [3.05, 3.63) is 42.2 Å². The van der Waals surface area contributed by atoms with Crippen molar-refractivity contribution in [1.82, 2.24) is 20.4 Å². The maximum atomic E-state index is 5.64. The molecule has 108 valence electrons. The minimum absolute atomic E-state index is 0.0734. The van der Waals surface area contributed by atoms with E-state index in [9.17, 15) is 0 Å². The van der Waals surface area contributed by atoms with E-state index < -0.39 is 0 Å². The topological polar surface area (TPSA) is 68.8 Å². The van der Waals surface area contributed by atoms with Crippen LogP contribution in [0.1, 0.15) is 50.8 Å². The van der Waals surface area contributed by atoms with Gasteiger partial charge >= 0.3 is 0 Å². The van der Waals surface area contributed by atoms with Gasteiger partial charge in [0.05, 0.1) is 17.9 Å². The lowest BCUT2D eigenvalue weighted by molar-refractivity contribution is 0.470. The summed E-state index contributed by atoms with van der Waals surface area (Å²) < 4.78 is 0. The van der Waals surface area contributed by atoms with Gasteiger partial charge in [0.2, 0.25) is 0 Å². The second-order valence-electron chi connectivity index (χ2n) is 4.96. The van der Waals surface area contributed by atoms with Gasteiger partial charge in [-0.3, -0.25) is 11.3 Å². The van der Waals surface area contributed by atoms with E-state index in [0.29, 0.717) is 0 Å². The normalized spacial score (nSPS) is 12.5. The van der Waals surface area contributed by atoms with Crippen molar-refractivity contribution in [3.8, 4) is 5.69 Å². The van der Waals surface area contributed by atoms with Gasteiger partial charge in [0.15, 0.2) is 0 Å². The zero-order valence-electron chi connectivity index (χ0n) is 12.0. The molecule has 1 heterocycles. The molecule has 0 aliphatic carbocycles. The number of nitrogens with one attached hydrogen (secondary N) is 1. The highest BCUT2D eigenvalue weighted by molar-refractivity contribution is 5.28. The summed E-state index contributed by atoms with van der Waals surface area (Å²) >= 11 is 0. The highest BCUT2D eigenvalue weighted by atomic mass is 15.5. The molecule has 0 saturated heterocycles. The summed E-state index contributed by atoms with van der Waals surface area (Å²) in [6, 6.07) is 9.96. The van der Waals surface area contributed by atoms with Crippen LogP contribution in [0.25, 0.3) is 5.69 Å². The Hall–Kier alpha value is -1.72. The van der Waals surface area contributed by atoms with E-state index in [-0.39, 0.29) is 6.04 Å². The Labute approximate surface area is 120 Å². The highest BCUT2D eigenvalue weighted by Gasteiger charge is 2.13. The first-order chi connectivity index (χ1) is 9.85. The third-order valence-electron chi connectivity index (χ3n) is 3.40. The average Bonchev–Trinajstić information content (AvgIpc) is 2.98. The van der Waals surface area contributed by atoms with Crippen molar-refractivity contribution in [2.24, 2.45) is 5.84 Å². The predicted octanol–water partition coefficient (Wildman–Crippen LogP) is 2.74. The first-order valence-corrected chi connectivity index (χ1v) is 7.29. The van der Waals surface area contributed by atoms with Crippen LogP contribution in [0.4, 0.5) is 0 Å². The van der Waals surface area contributed by atoms with Crippen LogP contribution in [0.2, 0.25) is 0 Å². The Kier molecular flexibility index (Phi) is 5.70. The maximum Gasteiger partial charge on any atom is 0.101 e. The average molecular weight is 273 g/mol. The lowest BCUT2D eigenvalue weighted by Gasteiger charge is -2.12. The summed E-state index contributed by atoms with van der Waals surface area (Å²) in [4.78, 5) is 1.64. The van der Waals surface area contributed by atoms with Gasteiger partial charge in [-0.25, -0.2) is 0 Å². The molecule has 0 aliphatic rings. The number of hydrogen-bond donors (Lipinski definition) is 2. The zero-order valence-corrected chi connectivity index (χ0v) is 12.0. The zero-order chi connectivity index (χ0) is 14.2. The Balaban J connectivity index is 1.99. The van der Waals surface area contributed by atoms with Crippen LogP contribution in [-0.4, -0.2) is 15.0 Å². The lowest BCUT2D eigenvalue weighted by atomic mass is 10.1. The Bertz CT molecular complexity index is 494. The van der Waals surface area contributed by atoms with Crippen LogP contribution in [-0.2, 0) is 0 Å². The van der Waals surface area contributed by atoms with Crippen LogP contribution >= 0.6 is 0 Å². The molecule has 0 bridgehead atoms. The molecular formula is C15H23N5. The molecule has 20 heavy (non-hydrogen) atoms. The third kappa shape index (κ3) is 3.88. The summed E-state index contributed by atoms with van der Waals surface area (Å²) in [6.07, 6.45) is 7.68. The minimum atomic E-state index is 0.0734. The minimum Gasteiger partial charge on any atom is -0.271 e. The third-order valence-corrected chi connectivity index (χ3v) is 3.40. The predicted molar refractivity (Wildman–Crippen MR) is 80.2 cm³/mol. The number of nitrogens with zero attached hydrogens (tertiary/aromatic N) is 3. The first-order valence-electron chi connectivity index (χ1n) is 7.29. The van der Waals surface area contributed by atoms with E-state index in [1.54, 1.807) is 11.0 Å². The number of unbranched alkanes of at least 4 members (excludes halogenated alkanes) is 3. The highest BCUT2D eigenvalue weighted by Crippen LogP contribution is 2.17. The van der Waals surface area contributed by atoms with E-state index in [1.807, 2.05) is 30.3 Å². The Morgan fingerprint density at radius 2 is 2.00 bits per heavy atom. The summed E-state index contributed by atoms with van der Waals surface area (Å²) in [5, 5.41) is 8.82. The largest absolute Gasteiger partial charge is 0.271 e. The second kappa shape index (κ2) is 7.77. The van der Waals surface area contributed by atoms with Gasteiger partial charge < -0.3 is 0 Å². The number of hydrogen-bond acceptors (Lipinski definition) is 4. The molecular weight excluding hydrogens is 250 g/mol. The van der Waals surface area contributed by atoms with Gasteiger partial charge in [-0.2, -0.15) is 15.0 Å². The van der Waals surface area contributed by atoms with Crippen LogP contribution in [0.15, 0.2) is 36.5 Å². The number of aromatic nitrogens is 3. The van der Waals surface area contributed by atoms with Gasteiger partial charge in [-0.1, -0.05) is 50.8 Å². The Morgan fingerprint density at radius 1 is 1.20 bits per heavy atom. The van der Waals surface area contributed by atoms with Crippen molar-refractivity contribution in [3.63, 3.8) is 0 Å². The number of para-hydroxylation sites is 1. The van der Waals surface area contributed by atoms with E-state index in [4.69, 9.17) is 5.84 Å². The van der Waals surface area contributed by atoms with Crippen molar-refractivity contribution >= 4 is 0 Å². The molecule has 0 fully saturated rings. The molecule has 1 aromatic heterocycles. The molecule has 0 aliphatic heterocycles. The molecule has 1 atom stereocenters. The molecule has 0 radical (unpaired) electrons. The van der Waals surface area contributed by atoms with Gasteiger partial charge in [-0.15, -0.1) is 0 Å². The first kappa shape index (κ1) is 14.7. The van der Waals surface area contributed by atoms with E-state index in [1.165, 1.54) is 19.3 Å². The smallest absolute Gasteiger partial charge is 0.101 e. The fourth-order valence-corrected chi connectivity index (χ4v) is 2.21. The molecule has 2 rings (SSSR count). The van der Waals surface area contributed by atoms with E-state index >= 15 is 0 Å². The number of benzene rings is 1. The van der Waals surface area contributed by atoms with Crippen molar-refractivity contribution in [2.45, 2.75) is 45.1 Å². The summed E-state index contributed by atoms with van der Waals surface area (Å²) in [5.41, 5.74) is 4.70. The summed E-state index contributed by atoms with van der Waals surface area (Å²) in [5.74, 6) is 5.64. The van der Waals surface area contributed by atoms with E-state index in [0.717, 1.165) is 24.2 Å². The SMILES string of the molecule is CCCCCCC(NN)c1cnn(-c2ccccc2)n1. The van der Waals surface area contributed by atoms with Gasteiger partial charge in [0.1, 0.15) is 5.69 Å². The molecule has 0 spiro atoms. The second-order valence-corrected chi connectivity index (χ2v) is 4.96. The molecule has 1 unspecified atom stereocenters. The molecule has 1 aromatic carbocycles. The van der Waals surface area contributed by atoms with Gasteiger partial charge in [0.25, 0.3) is 0 Å². The van der Waals surface area contributed by atoms with Gasteiger partial charge in [0, 0.05) is 0 Å². The van der Waals surface area contributed by atoms with Crippen molar-refractivity contribution < 1.29 is 0 Å². The van der Waals surface area contributed by atoms with Crippen LogP contribution < -0.4 is 11.3 Å². The van der Waals surface area contributed by atoms with Crippen molar-refractivity contribution in [2.75, 3.05) is 0 Å². The standard InChI is InChI=1S/C15H23N5/c1-2-3-4-8-11-14(18-16)15-12-17-20(19-15)13-9-6-5-7-10-13/h5-7,9-10,12,14,18H,2-4,8,11,16H2,1H3. The fourth-order valence-electron chi connectivity index (χ4n) is 2.21. The molecule has 3 N–H and O–H groups in total. The quantitative estimate of drug-likeness (QED) is 0.441. The van der Waals surface area contributed by atoms with Crippen LogP contribution in [0.5, 0.6) is 0 Å². The number of rotatable bonds is 8. The molecule has 0 saturated carbocycles. The fraction of sp³-hybridized carbons (Fsp3) is 0.467. The number of nitrogens with two attached hydrogens (primary N) is 1. The van der Waals surface area contributed by atoms with Gasteiger partial charge in [-0.05, 0) is 18.6 Å². The molecule has 5 heteroatoms. The molecule has 2 aromatic rings. The number of hydrazine groups is 1. The van der Waals surface area contributed by atoms with Crippen LogP contribution in [0.3, 0.4) is 0 Å². The maximum absolute atomic E-state index is 5.64. The van der Waals surface area contributed by atoms with Crippen molar-refractivity contribution in [1.29, 1.82) is 0 Å². The summed E-state index contributed by atoms with van der Waals surface area (Å²) in [7, 11) is 0. The molecule has 5 nitrogen and oxygen atoms in total. The summed E-state index contributed by atoms with van der Waals surface area (Å²) in [6.45, 7) is 2.21. The molecule has 0 amide bonds. The Morgan fingerprint density at radius 3 is 2.70 bits per heavy atom. The monoisotopic (exact) mass is 273 g/mol. The lowest BCUT2D eigenvalue weighted by Crippen LogP contribution is -2.28. The van der Waals surface area contributed by atoms with Crippen LogP contribution in [0, 0.1) is 0 Å². The van der Waals surface area contributed by atoms with E-state index in [2.05, 4.69) is 22.5 Å².